The lowest BCUT2D eigenvalue weighted by Crippen LogP contribution is -2.41. The Labute approximate surface area is 130 Å². The van der Waals surface area contributed by atoms with Gasteiger partial charge in [0, 0.05) is 5.56 Å². The molecule has 1 aliphatic heterocycles. The van der Waals surface area contributed by atoms with E-state index in [0.717, 1.165) is 0 Å². The zero-order valence-electron chi connectivity index (χ0n) is 12.9. The van der Waals surface area contributed by atoms with Crippen LogP contribution in [0.3, 0.4) is 0 Å². The molecule has 8 heteroatoms. The minimum Gasteiger partial charge on any atom is -0.399 e. The van der Waals surface area contributed by atoms with Crippen molar-refractivity contribution in [2.24, 2.45) is 0 Å². The van der Waals surface area contributed by atoms with Crippen molar-refractivity contribution in [1.82, 2.24) is 0 Å². The van der Waals surface area contributed by atoms with Gasteiger partial charge in [-0.3, -0.25) is 4.79 Å². The van der Waals surface area contributed by atoms with Crippen molar-refractivity contribution in [2.75, 3.05) is 0 Å². The lowest BCUT2D eigenvalue weighted by Gasteiger charge is -2.32. The fourth-order valence-corrected chi connectivity index (χ4v) is 2.78. The molecule has 0 unspecified atom stereocenters. The molecule has 1 heterocycles. The molecule has 0 saturated carbocycles. The molecule has 5 nitrogen and oxygen atoms in total. The first-order valence-corrected chi connectivity index (χ1v) is 8.36. The molecular formula is C14H18BFO5S. The van der Waals surface area contributed by atoms with Gasteiger partial charge in [-0.25, -0.2) is 0 Å². The van der Waals surface area contributed by atoms with Crippen LogP contribution in [0.5, 0.6) is 0 Å². The molecule has 0 aromatic heterocycles. The van der Waals surface area contributed by atoms with Crippen molar-refractivity contribution in [3.63, 3.8) is 0 Å². The number of halogens is 1. The van der Waals surface area contributed by atoms with Crippen LogP contribution >= 0.6 is 0 Å². The molecule has 1 fully saturated rings. The predicted molar refractivity (Wildman–Crippen MR) is 81.3 cm³/mol. The predicted octanol–water partition coefficient (Wildman–Crippen LogP) is 1.60. The largest absolute Gasteiger partial charge is 0.494 e. The Morgan fingerprint density at radius 1 is 1.14 bits per heavy atom. The SMILES string of the molecule is CC1(C)OB(c2cc(C=O)cc(CS(=O)(=O)F)c2)OC1(C)C. The van der Waals surface area contributed by atoms with E-state index in [4.69, 9.17) is 9.31 Å². The van der Waals surface area contributed by atoms with Crippen LogP contribution in [0.1, 0.15) is 43.6 Å². The Balaban J connectivity index is 2.40. The maximum absolute atomic E-state index is 12.9. The van der Waals surface area contributed by atoms with E-state index in [0.29, 0.717) is 11.7 Å². The van der Waals surface area contributed by atoms with Crippen molar-refractivity contribution in [3.8, 4) is 0 Å². The summed E-state index contributed by atoms with van der Waals surface area (Å²) >= 11 is 0. The van der Waals surface area contributed by atoms with Crippen LogP contribution in [0.25, 0.3) is 0 Å². The lowest BCUT2D eigenvalue weighted by molar-refractivity contribution is 0.00578. The Kier molecular flexibility index (Phi) is 4.23. The molecule has 0 amide bonds. The van der Waals surface area contributed by atoms with E-state index >= 15 is 0 Å². The molecule has 1 aliphatic rings. The number of hydrogen-bond donors (Lipinski definition) is 0. The van der Waals surface area contributed by atoms with Gasteiger partial charge in [0.05, 0.1) is 11.2 Å². The summed E-state index contributed by atoms with van der Waals surface area (Å²) in [5.74, 6) is -0.790. The normalized spacial score (nSPS) is 20.1. The molecule has 0 aliphatic carbocycles. The van der Waals surface area contributed by atoms with Crippen molar-refractivity contribution in [3.05, 3.63) is 29.3 Å². The molecule has 1 aromatic carbocycles. The molecule has 120 valence electrons. The maximum Gasteiger partial charge on any atom is 0.494 e. The highest BCUT2D eigenvalue weighted by Crippen LogP contribution is 2.36. The maximum atomic E-state index is 12.9. The minimum absolute atomic E-state index is 0.178. The van der Waals surface area contributed by atoms with Gasteiger partial charge in [-0.05, 0) is 44.8 Å². The Morgan fingerprint density at radius 2 is 1.68 bits per heavy atom. The first kappa shape index (κ1) is 17.1. The summed E-state index contributed by atoms with van der Waals surface area (Å²) < 4.78 is 46.2. The van der Waals surface area contributed by atoms with Crippen LogP contribution in [-0.2, 0) is 25.3 Å². The van der Waals surface area contributed by atoms with E-state index in [2.05, 4.69) is 0 Å². The van der Waals surface area contributed by atoms with E-state index in [-0.39, 0.29) is 11.1 Å². The lowest BCUT2D eigenvalue weighted by atomic mass is 9.77. The Bertz CT molecular complexity index is 683. The van der Waals surface area contributed by atoms with E-state index in [1.807, 2.05) is 27.7 Å². The molecule has 2 rings (SSSR count). The van der Waals surface area contributed by atoms with E-state index in [1.54, 1.807) is 6.07 Å². The molecule has 22 heavy (non-hydrogen) atoms. The highest BCUT2D eigenvalue weighted by atomic mass is 32.3. The minimum atomic E-state index is -4.69. The summed E-state index contributed by atoms with van der Waals surface area (Å²) in [6, 6.07) is 4.36. The molecule has 0 atom stereocenters. The number of carbonyl (C=O) groups excluding carboxylic acids is 1. The van der Waals surface area contributed by atoms with Crippen molar-refractivity contribution >= 4 is 29.1 Å². The van der Waals surface area contributed by atoms with Crippen molar-refractivity contribution in [2.45, 2.75) is 44.6 Å². The summed E-state index contributed by atoms with van der Waals surface area (Å²) in [4.78, 5) is 11.0. The first-order chi connectivity index (χ1) is 9.93. The highest BCUT2D eigenvalue weighted by Gasteiger charge is 2.51. The summed E-state index contributed by atoms with van der Waals surface area (Å²) in [5, 5.41) is 0. The summed E-state index contributed by atoms with van der Waals surface area (Å²) in [6.07, 6.45) is 0.573. The Morgan fingerprint density at radius 3 is 2.14 bits per heavy atom. The third kappa shape index (κ3) is 3.56. The molecule has 0 N–H and O–H groups in total. The number of benzene rings is 1. The zero-order valence-corrected chi connectivity index (χ0v) is 13.7. The average molecular weight is 328 g/mol. The molecule has 0 bridgehead atoms. The number of hydrogen-bond acceptors (Lipinski definition) is 5. The number of carbonyl (C=O) groups is 1. The molecule has 1 saturated heterocycles. The fourth-order valence-electron chi connectivity index (χ4n) is 2.21. The standard InChI is InChI=1S/C14H18BFO5S/c1-13(2)14(3,4)21-15(20-13)12-6-10(8-17)5-11(7-12)9-22(16,18)19/h5-8H,9H2,1-4H3. The van der Waals surface area contributed by atoms with Gasteiger partial charge in [0.15, 0.2) is 0 Å². The monoisotopic (exact) mass is 328 g/mol. The van der Waals surface area contributed by atoms with Crippen LogP contribution in [0.2, 0.25) is 0 Å². The van der Waals surface area contributed by atoms with Gasteiger partial charge in [-0.1, -0.05) is 12.1 Å². The molecular weight excluding hydrogens is 310 g/mol. The van der Waals surface area contributed by atoms with Gasteiger partial charge in [-0.2, -0.15) is 8.42 Å². The average Bonchev–Trinajstić information content (AvgIpc) is 2.56. The third-order valence-electron chi connectivity index (χ3n) is 4.04. The smallest absolute Gasteiger partial charge is 0.399 e. The molecule has 0 radical (unpaired) electrons. The van der Waals surface area contributed by atoms with Crippen molar-refractivity contribution in [1.29, 1.82) is 0 Å². The van der Waals surface area contributed by atoms with Gasteiger partial charge in [0.1, 0.15) is 12.0 Å². The molecule has 1 aromatic rings. The second-order valence-electron chi connectivity index (χ2n) is 6.40. The number of rotatable bonds is 4. The second-order valence-corrected chi connectivity index (χ2v) is 7.76. The van der Waals surface area contributed by atoms with Crippen LogP contribution in [0.4, 0.5) is 3.89 Å². The van der Waals surface area contributed by atoms with Crippen LogP contribution in [0, 0.1) is 0 Å². The first-order valence-electron chi connectivity index (χ1n) is 6.80. The van der Waals surface area contributed by atoms with Crippen LogP contribution in [-0.4, -0.2) is 33.0 Å². The van der Waals surface area contributed by atoms with Gasteiger partial charge < -0.3 is 9.31 Å². The third-order valence-corrected chi connectivity index (χ3v) is 4.72. The van der Waals surface area contributed by atoms with Crippen LogP contribution < -0.4 is 5.46 Å². The fraction of sp³-hybridized carbons (Fsp3) is 0.500. The summed E-state index contributed by atoms with van der Waals surface area (Å²) in [7, 11) is -5.43. The van der Waals surface area contributed by atoms with E-state index in [1.165, 1.54) is 12.1 Å². The van der Waals surface area contributed by atoms with Gasteiger partial charge in [0.25, 0.3) is 0 Å². The summed E-state index contributed by atoms with van der Waals surface area (Å²) in [6.45, 7) is 7.51. The number of aldehydes is 1. The zero-order chi connectivity index (χ0) is 16.8. The van der Waals surface area contributed by atoms with Gasteiger partial charge in [0.2, 0.25) is 0 Å². The topological polar surface area (TPSA) is 69.7 Å². The van der Waals surface area contributed by atoms with Crippen LogP contribution in [0.15, 0.2) is 18.2 Å². The van der Waals surface area contributed by atoms with E-state index in [9.17, 15) is 17.1 Å². The Hall–Kier alpha value is -1.25. The second kappa shape index (κ2) is 5.44. The van der Waals surface area contributed by atoms with E-state index < -0.39 is 34.3 Å². The highest BCUT2D eigenvalue weighted by molar-refractivity contribution is 7.85. The molecule has 0 spiro atoms. The quantitative estimate of drug-likeness (QED) is 0.477. The summed E-state index contributed by atoms with van der Waals surface area (Å²) in [5.41, 5.74) is -0.230. The van der Waals surface area contributed by atoms with Gasteiger partial charge >= 0.3 is 17.3 Å². The van der Waals surface area contributed by atoms with Gasteiger partial charge in [-0.15, -0.1) is 3.89 Å². The van der Waals surface area contributed by atoms with Crippen molar-refractivity contribution < 1.29 is 26.4 Å².